The van der Waals surface area contributed by atoms with Crippen LogP contribution >= 0.6 is 0 Å². The van der Waals surface area contributed by atoms with E-state index in [0.29, 0.717) is 29.8 Å². The molecule has 1 heterocycles. The molecule has 1 saturated heterocycles. The number of nitrogens with zero attached hydrogens (tertiary/aromatic N) is 1. The minimum Gasteiger partial charge on any atom is -0.497 e. The standard InChI is InChI=1S/C31H42N2O6/c1-20(2)28(18-34)32-31(37)26-10-9-24(38-3)16-29(26)33-13-11-21(12-14-33)19-39-25-6-4-5-23(15-25)27(17-30(35)36)22-7-8-22/h4-6,9-10,15-16,20-22,27-28,34H,7-8,11-14,17-19H2,1-3H3,(H,32,37)(H,35,36)/t27?,28-/m1/s1. The second-order valence-electron chi connectivity index (χ2n) is 11.2. The molecule has 0 bridgehead atoms. The lowest BCUT2D eigenvalue weighted by atomic mass is 9.91. The maximum atomic E-state index is 13.1. The van der Waals surface area contributed by atoms with Crippen molar-refractivity contribution >= 4 is 17.6 Å². The number of hydrogen-bond acceptors (Lipinski definition) is 6. The molecule has 0 radical (unpaired) electrons. The first kappa shape index (κ1) is 28.7. The fourth-order valence-corrected chi connectivity index (χ4v) is 5.39. The number of piperidine rings is 1. The van der Waals surface area contributed by atoms with Crippen LogP contribution in [-0.2, 0) is 4.79 Å². The number of methoxy groups -OCH3 is 1. The molecular weight excluding hydrogens is 496 g/mol. The summed E-state index contributed by atoms with van der Waals surface area (Å²) in [5.74, 6) is 1.55. The van der Waals surface area contributed by atoms with Gasteiger partial charge >= 0.3 is 5.97 Å². The van der Waals surface area contributed by atoms with Crippen LogP contribution in [0.3, 0.4) is 0 Å². The number of carbonyl (C=O) groups excluding carboxylic acids is 1. The van der Waals surface area contributed by atoms with Crippen molar-refractivity contribution in [1.82, 2.24) is 5.32 Å². The molecule has 8 heteroatoms. The highest BCUT2D eigenvalue weighted by molar-refractivity contribution is 6.00. The maximum Gasteiger partial charge on any atom is 0.303 e. The number of carboxylic acids is 1. The van der Waals surface area contributed by atoms with Gasteiger partial charge in [-0.2, -0.15) is 0 Å². The van der Waals surface area contributed by atoms with E-state index in [0.717, 1.165) is 55.8 Å². The fraction of sp³-hybridized carbons (Fsp3) is 0.548. The summed E-state index contributed by atoms with van der Waals surface area (Å²) in [4.78, 5) is 26.7. The van der Waals surface area contributed by atoms with Crippen LogP contribution in [0.25, 0.3) is 0 Å². The lowest BCUT2D eigenvalue weighted by Gasteiger charge is -2.35. The number of anilines is 1. The molecule has 2 fully saturated rings. The number of nitrogens with one attached hydrogen (secondary N) is 1. The van der Waals surface area contributed by atoms with Gasteiger partial charge in [-0.1, -0.05) is 26.0 Å². The predicted octanol–water partition coefficient (Wildman–Crippen LogP) is 4.71. The lowest BCUT2D eigenvalue weighted by molar-refractivity contribution is -0.137. The molecule has 2 atom stereocenters. The SMILES string of the molecule is COc1ccc(C(=O)N[C@H](CO)C(C)C)c(N2CCC(COc3cccc(C(CC(=O)O)C4CC4)c3)CC2)c1. The van der Waals surface area contributed by atoms with E-state index in [-0.39, 0.29) is 36.8 Å². The van der Waals surface area contributed by atoms with Crippen molar-refractivity contribution in [3.8, 4) is 11.5 Å². The Morgan fingerprint density at radius 3 is 2.41 bits per heavy atom. The topological polar surface area (TPSA) is 108 Å². The van der Waals surface area contributed by atoms with E-state index in [9.17, 15) is 19.8 Å². The number of aliphatic carboxylic acids is 1. The summed E-state index contributed by atoms with van der Waals surface area (Å²) in [5, 5.41) is 22.0. The number of amides is 1. The van der Waals surface area contributed by atoms with E-state index in [2.05, 4.69) is 10.2 Å². The summed E-state index contributed by atoms with van der Waals surface area (Å²) in [7, 11) is 1.62. The largest absolute Gasteiger partial charge is 0.497 e. The summed E-state index contributed by atoms with van der Waals surface area (Å²) in [6, 6.07) is 13.1. The first-order chi connectivity index (χ1) is 18.8. The summed E-state index contributed by atoms with van der Waals surface area (Å²) >= 11 is 0. The Morgan fingerprint density at radius 2 is 1.79 bits per heavy atom. The van der Waals surface area contributed by atoms with Crippen molar-refractivity contribution in [2.45, 2.75) is 57.9 Å². The van der Waals surface area contributed by atoms with Crippen molar-refractivity contribution in [2.24, 2.45) is 17.8 Å². The number of hydrogen-bond donors (Lipinski definition) is 3. The Kier molecular flexibility index (Phi) is 9.73. The molecule has 0 spiro atoms. The van der Waals surface area contributed by atoms with Gasteiger partial charge in [0.1, 0.15) is 11.5 Å². The molecule has 1 unspecified atom stereocenters. The Hall–Kier alpha value is -3.26. The van der Waals surface area contributed by atoms with Crippen molar-refractivity contribution in [1.29, 1.82) is 0 Å². The third-order valence-corrected chi connectivity index (χ3v) is 8.08. The second-order valence-corrected chi connectivity index (χ2v) is 11.2. The monoisotopic (exact) mass is 538 g/mol. The molecule has 1 aliphatic carbocycles. The summed E-state index contributed by atoms with van der Waals surface area (Å²) in [6.07, 6.45) is 4.20. The van der Waals surface area contributed by atoms with Crippen LogP contribution in [0.1, 0.15) is 67.8 Å². The number of benzene rings is 2. The molecule has 1 amide bonds. The molecule has 1 aliphatic heterocycles. The highest BCUT2D eigenvalue weighted by atomic mass is 16.5. The zero-order valence-corrected chi connectivity index (χ0v) is 23.3. The van der Waals surface area contributed by atoms with Crippen LogP contribution in [0.15, 0.2) is 42.5 Å². The minimum atomic E-state index is -0.755. The quantitative estimate of drug-likeness (QED) is 0.339. The Balaban J connectivity index is 1.37. The zero-order valence-electron chi connectivity index (χ0n) is 23.3. The normalized spacial score (nSPS) is 17.5. The zero-order chi connectivity index (χ0) is 27.9. The fourth-order valence-electron chi connectivity index (χ4n) is 5.39. The average Bonchev–Trinajstić information content (AvgIpc) is 3.78. The van der Waals surface area contributed by atoms with Crippen LogP contribution in [-0.4, -0.2) is 61.5 Å². The maximum absolute atomic E-state index is 13.1. The predicted molar refractivity (Wildman–Crippen MR) is 151 cm³/mol. The highest BCUT2D eigenvalue weighted by Gasteiger charge is 2.34. The number of aliphatic hydroxyl groups excluding tert-OH is 1. The molecule has 39 heavy (non-hydrogen) atoms. The summed E-state index contributed by atoms with van der Waals surface area (Å²) in [5.41, 5.74) is 2.47. The molecule has 3 N–H and O–H groups in total. The van der Waals surface area contributed by atoms with Gasteiger partial charge in [0, 0.05) is 19.2 Å². The average molecular weight is 539 g/mol. The van der Waals surface area contributed by atoms with E-state index < -0.39 is 5.97 Å². The lowest BCUT2D eigenvalue weighted by Crippen LogP contribution is -2.42. The van der Waals surface area contributed by atoms with E-state index in [1.165, 1.54) is 0 Å². The third kappa shape index (κ3) is 7.66. The van der Waals surface area contributed by atoms with Gasteiger partial charge in [-0.25, -0.2) is 0 Å². The van der Waals surface area contributed by atoms with Crippen molar-refractivity contribution in [3.05, 3.63) is 53.6 Å². The molecule has 2 aromatic rings. The third-order valence-electron chi connectivity index (χ3n) is 8.08. The molecule has 8 nitrogen and oxygen atoms in total. The first-order valence-electron chi connectivity index (χ1n) is 14.1. The van der Waals surface area contributed by atoms with Crippen molar-refractivity contribution < 1.29 is 29.3 Å². The van der Waals surface area contributed by atoms with Gasteiger partial charge in [0.05, 0.1) is 44.0 Å². The molecule has 0 aromatic heterocycles. The minimum absolute atomic E-state index is 0.0525. The van der Waals surface area contributed by atoms with Gasteiger partial charge in [-0.15, -0.1) is 0 Å². The van der Waals surface area contributed by atoms with Gasteiger partial charge in [0.15, 0.2) is 0 Å². The van der Waals surface area contributed by atoms with E-state index in [4.69, 9.17) is 9.47 Å². The van der Waals surface area contributed by atoms with Gasteiger partial charge in [0.2, 0.25) is 0 Å². The highest BCUT2D eigenvalue weighted by Crippen LogP contribution is 2.45. The van der Waals surface area contributed by atoms with E-state index in [1.807, 2.05) is 44.2 Å². The van der Waals surface area contributed by atoms with E-state index in [1.54, 1.807) is 19.2 Å². The van der Waals surface area contributed by atoms with Crippen LogP contribution in [0, 0.1) is 17.8 Å². The van der Waals surface area contributed by atoms with Crippen LogP contribution < -0.4 is 19.7 Å². The first-order valence-corrected chi connectivity index (χ1v) is 14.1. The molecular formula is C31H42N2O6. The molecule has 2 aliphatic rings. The second kappa shape index (κ2) is 13.2. The van der Waals surface area contributed by atoms with Crippen molar-refractivity contribution in [3.63, 3.8) is 0 Å². The van der Waals surface area contributed by atoms with Gasteiger partial charge in [-0.05, 0) is 79.2 Å². The number of ether oxygens (including phenoxy) is 2. The van der Waals surface area contributed by atoms with Crippen molar-refractivity contribution in [2.75, 3.05) is 38.3 Å². The molecule has 2 aromatic carbocycles. The smallest absolute Gasteiger partial charge is 0.303 e. The van der Waals surface area contributed by atoms with Crippen LogP contribution in [0.5, 0.6) is 11.5 Å². The summed E-state index contributed by atoms with van der Waals surface area (Å²) < 4.78 is 11.6. The molecule has 4 rings (SSSR count). The molecule has 212 valence electrons. The number of rotatable bonds is 13. The Labute approximate surface area is 231 Å². The van der Waals surface area contributed by atoms with Gasteiger partial charge in [0.25, 0.3) is 5.91 Å². The summed E-state index contributed by atoms with van der Waals surface area (Å²) in [6.45, 7) is 6.02. The number of carboxylic acid groups (broad SMARTS) is 1. The Bertz CT molecular complexity index is 1120. The van der Waals surface area contributed by atoms with Gasteiger partial charge < -0.3 is 29.9 Å². The Morgan fingerprint density at radius 1 is 1.05 bits per heavy atom. The number of carbonyl (C=O) groups is 2. The van der Waals surface area contributed by atoms with E-state index >= 15 is 0 Å². The molecule has 1 saturated carbocycles. The van der Waals surface area contributed by atoms with Crippen LogP contribution in [0.2, 0.25) is 0 Å². The van der Waals surface area contributed by atoms with Gasteiger partial charge in [-0.3, -0.25) is 9.59 Å². The number of aliphatic hydroxyl groups is 1. The van der Waals surface area contributed by atoms with Crippen LogP contribution in [0.4, 0.5) is 5.69 Å².